The molecular formula is C2H2N2Na4O10. The van der Waals surface area contributed by atoms with Crippen LogP contribution in [0.2, 0.25) is 0 Å². The van der Waals surface area contributed by atoms with Crippen molar-refractivity contribution in [3.05, 3.63) is 20.2 Å². The second kappa shape index (κ2) is 63.2. The van der Waals surface area contributed by atoms with Gasteiger partial charge >= 0.3 is 118 Å². The predicted octanol–water partition coefficient (Wildman–Crippen LogP) is -13.7. The van der Waals surface area contributed by atoms with Crippen molar-refractivity contribution in [1.82, 2.24) is 0 Å². The fraction of sp³-hybridized carbons (Fsp3) is 0. The zero-order valence-corrected chi connectivity index (χ0v) is 18.1. The Kier molecular flexibility index (Phi) is 178. The summed E-state index contributed by atoms with van der Waals surface area (Å²) in [5, 5.41) is 48.6. The largest absolute Gasteiger partial charge is 1.00 e. The van der Waals surface area contributed by atoms with Crippen molar-refractivity contribution in [2.45, 2.75) is 0 Å². The maximum Gasteiger partial charge on any atom is 1.00 e. The van der Waals surface area contributed by atoms with Gasteiger partial charge in [-0.25, -0.2) is 0 Å². The van der Waals surface area contributed by atoms with Gasteiger partial charge in [0.1, 0.15) is 0 Å². The Labute approximate surface area is 188 Å². The summed E-state index contributed by atoms with van der Waals surface area (Å²) in [6.45, 7) is 0. The van der Waals surface area contributed by atoms with E-state index in [0.717, 1.165) is 10.7 Å². The van der Waals surface area contributed by atoms with Crippen molar-refractivity contribution >= 4 is 12.3 Å². The molecule has 0 saturated heterocycles. The molecule has 0 aromatic rings. The zero-order valence-electron chi connectivity index (χ0n) is 10.1. The molecule has 0 spiro atoms. The van der Waals surface area contributed by atoms with Crippen LogP contribution < -0.4 is 128 Å². The number of hydrogen-bond donors (Lipinski definition) is 2. The molecule has 0 saturated carbocycles. The Morgan fingerprint density at radius 3 is 0.722 bits per heavy atom. The number of carbonyl (C=O) groups is 2. The van der Waals surface area contributed by atoms with Gasteiger partial charge in [-0.05, 0) is 0 Å². The maximum atomic E-state index is 8.44. The van der Waals surface area contributed by atoms with Crippen LogP contribution in [0, 0.1) is 20.2 Å². The van der Waals surface area contributed by atoms with E-state index in [1.54, 1.807) is 0 Å². The Morgan fingerprint density at radius 2 is 0.722 bits per heavy atom. The molecule has 12 nitrogen and oxygen atoms in total. The van der Waals surface area contributed by atoms with Crippen molar-refractivity contribution in [3.8, 4) is 0 Å². The molecule has 0 aromatic heterocycles. The number of rotatable bonds is 0. The van der Waals surface area contributed by atoms with Crippen LogP contribution in [0.25, 0.3) is 0 Å². The molecule has 0 fully saturated rings. The summed E-state index contributed by atoms with van der Waals surface area (Å²) in [5.41, 5.74) is 0. The van der Waals surface area contributed by atoms with Crippen molar-refractivity contribution in [1.29, 1.82) is 0 Å². The average Bonchev–Trinajstić information content (AvgIpc) is 1.85. The van der Waals surface area contributed by atoms with Crippen molar-refractivity contribution in [2.75, 3.05) is 0 Å². The average molecular weight is 306 g/mol. The third-order valence-corrected chi connectivity index (χ3v) is 0. The van der Waals surface area contributed by atoms with Gasteiger partial charge in [-0.1, -0.05) is 0 Å². The van der Waals surface area contributed by atoms with Crippen LogP contribution in [0.4, 0.5) is 9.59 Å². The SMILES string of the molecule is O=C([O-])O.O=C([O-])O.O=N[O-].O=N[O-].[Na+].[Na+].[Na+].[Na+]. The molecule has 0 aromatic carbocycles. The van der Waals surface area contributed by atoms with E-state index in [1.807, 2.05) is 0 Å². The quantitative estimate of drug-likeness (QED) is 0.244. The third kappa shape index (κ3) is 2580. The van der Waals surface area contributed by atoms with Crippen LogP contribution in [0.1, 0.15) is 0 Å². The Bertz CT molecular complexity index is 142. The minimum atomic E-state index is -2.08. The predicted molar refractivity (Wildman–Crippen MR) is 34.4 cm³/mol. The second-order valence-corrected chi connectivity index (χ2v) is 0.681. The van der Waals surface area contributed by atoms with Gasteiger partial charge in [-0.2, -0.15) is 0 Å². The first-order valence-corrected chi connectivity index (χ1v) is 1.99. The van der Waals surface area contributed by atoms with Crippen LogP contribution in [0.5, 0.6) is 0 Å². The summed E-state index contributed by atoms with van der Waals surface area (Å²) in [5.74, 6) is 0. The van der Waals surface area contributed by atoms with Crippen LogP contribution in [-0.4, -0.2) is 22.5 Å². The van der Waals surface area contributed by atoms with Crippen LogP contribution in [-0.2, 0) is 0 Å². The van der Waals surface area contributed by atoms with Gasteiger partial charge in [0, 0.05) is 0 Å². The van der Waals surface area contributed by atoms with E-state index in [9.17, 15) is 0 Å². The Hall–Kier alpha value is 1.34. The first-order valence-electron chi connectivity index (χ1n) is 1.99. The van der Waals surface area contributed by atoms with Gasteiger partial charge in [0.25, 0.3) is 0 Å². The topological polar surface area (TPSA) is 226 Å². The molecule has 2 N–H and O–H groups in total. The first kappa shape index (κ1) is 50.6. The molecule has 0 bridgehead atoms. The summed E-state index contributed by atoms with van der Waals surface area (Å²) in [4.78, 5) is 32.9. The minimum absolute atomic E-state index is 0. The Balaban J connectivity index is -0.0000000116. The number of nitrogens with zero attached hydrogens (tertiary/aromatic N) is 2. The molecular weight excluding hydrogens is 304 g/mol. The van der Waals surface area contributed by atoms with Crippen molar-refractivity contribution < 1.29 is 148 Å². The smallest absolute Gasteiger partial charge is 0.565 e. The molecule has 0 radical (unpaired) electrons. The standard InChI is InChI=1S/2CH2O3.2HNO2.4Na/c2*2-1(3)4;2*2-1-3;;;;/h2*(H2,2,3,4);2*(H,2,3);;;;/q;;;;4*+1/p-4. The fourth-order valence-corrected chi connectivity index (χ4v) is 0. The van der Waals surface area contributed by atoms with Gasteiger partial charge < -0.3 is 50.2 Å². The molecule has 0 rings (SSSR count). The van der Waals surface area contributed by atoms with Crippen LogP contribution >= 0.6 is 0 Å². The molecule has 0 aliphatic heterocycles. The van der Waals surface area contributed by atoms with E-state index >= 15 is 0 Å². The van der Waals surface area contributed by atoms with Gasteiger partial charge in [-0.3, -0.25) is 0 Å². The molecule has 0 atom stereocenters. The molecule has 0 aliphatic carbocycles. The fourth-order valence-electron chi connectivity index (χ4n) is 0. The van der Waals surface area contributed by atoms with Gasteiger partial charge in [0.2, 0.25) is 12.3 Å². The van der Waals surface area contributed by atoms with Gasteiger partial charge in [0.15, 0.2) is 0 Å². The van der Waals surface area contributed by atoms with E-state index in [4.69, 9.17) is 50.2 Å². The van der Waals surface area contributed by atoms with E-state index in [0.29, 0.717) is 0 Å². The Morgan fingerprint density at radius 1 is 0.722 bits per heavy atom. The van der Waals surface area contributed by atoms with E-state index in [-0.39, 0.29) is 118 Å². The molecule has 18 heavy (non-hydrogen) atoms. The molecule has 0 heterocycles. The molecule has 0 unspecified atom stereocenters. The summed E-state index contributed by atoms with van der Waals surface area (Å²) in [7, 11) is 0. The van der Waals surface area contributed by atoms with Gasteiger partial charge in [-0.15, -0.1) is 10.7 Å². The van der Waals surface area contributed by atoms with E-state index in [2.05, 4.69) is 0 Å². The first-order chi connectivity index (χ1) is 6.29. The van der Waals surface area contributed by atoms with E-state index in [1.165, 1.54) is 0 Å². The summed E-state index contributed by atoms with van der Waals surface area (Å²) < 4.78 is 0. The third-order valence-electron chi connectivity index (χ3n) is 0. The molecule has 0 aliphatic rings. The molecule has 84 valence electrons. The molecule has 16 heteroatoms. The number of hydrogen-bond acceptors (Lipinski definition) is 10. The summed E-state index contributed by atoms with van der Waals surface area (Å²) in [6, 6.07) is 0. The number of carboxylic acid groups (broad SMARTS) is 4. The summed E-state index contributed by atoms with van der Waals surface area (Å²) >= 11 is 0. The van der Waals surface area contributed by atoms with Crippen LogP contribution in [0.15, 0.2) is 10.7 Å². The van der Waals surface area contributed by atoms with Crippen LogP contribution in [0.3, 0.4) is 0 Å². The molecule has 0 amide bonds. The van der Waals surface area contributed by atoms with Crippen molar-refractivity contribution in [3.63, 3.8) is 0 Å². The zero-order chi connectivity index (χ0) is 12.6. The van der Waals surface area contributed by atoms with Crippen molar-refractivity contribution in [2.24, 2.45) is 10.7 Å². The summed E-state index contributed by atoms with van der Waals surface area (Å²) in [6.07, 6.45) is -4.17. The normalized spacial score (nSPS) is 4.00. The second-order valence-electron chi connectivity index (χ2n) is 0.681. The monoisotopic (exact) mass is 306 g/mol. The minimum Gasteiger partial charge on any atom is -0.565 e. The van der Waals surface area contributed by atoms with Gasteiger partial charge in [0.05, 0.1) is 0 Å². The van der Waals surface area contributed by atoms with E-state index < -0.39 is 12.3 Å². The maximum absolute atomic E-state index is 8.44.